The molecule has 0 unspecified atom stereocenters. The van der Waals surface area contributed by atoms with Gasteiger partial charge < -0.3 is 4.74 Å². The third-order valence-electron chi connectivity index (χ3n) is 3.55. The van der Waals surface area contributed by atoms with Crippen LogP contribution in [0.2, 0.25) is 0 Å². The van der Waals surface area contributed by atoms with E-state index in [1.165, 1.54) is 5.56 Å². The molecule has 1 saturated heterocycles. The summed E-state index contributed by atoms with van der Waals surface area (Å²) in [5.41, 5.74) is 1.33. The van der Waals surface area contributed by atoms with Crippen LogP contribution in [0.1, 0.15) is 5.56 Å². The van der Waals surface area contributed by atoms with E-state index in [1.807, 2.05) is 17.1 Å². The lowest BCUT2D eigenvalue weighted by Gasteiger charge is -2.32. The minimum Gasteiger partial charge on any atom is -0.374 e. The van der Waals surface area contributed by atoms with Crippen LogP contribution < -0.4 is 0 Å². The molecule has 0 bridgehead atoms. The molecule has 1 aliphatic rings. The zero-order valence-corrected chi connectivity index (χ0v) is 11.4. The van der Waals surface area contributed by atoms with E-state index in [4.69, 9.17) is 4.74 Å². The molecule has 0 amide bonds. The SMILES string of the molecule is c1cc(CCN2CCO[C@@H](Cn3cncn3)C2)ccn1. The molecule has 3 rings (SSSR count). The molecule has 0 spiro atoms. The van der Waals surface area contributed by atoms with Crippen LogP contribution in [0, 0.1) is 0 Å². The maximum absolute atomic E-state index is 5.79. The van der Waals surface area contributed by atoms with Crippen molar-refractivity contribution in [1.82, 2.24) is 24.6 Å². The predicted octanol–water partition coefficient (Wildman–Crippen LogP) is 0.617. The highest BCUT2D eigenvalue weighted by atomic mass is 16.5. The second kappa shape index (κ2) is 6.58. The smallest absolute Gasteiger partial charge is 0.137 e. The van der Waals surface area contributed by atoms with E-state index in [9.17, 15) is 0 Å². The number of hydrogen-bond acceptors (Lipinski definition) is 5. The van der Waals surface area contributed by atoms with Gasteiger partial charge in [-0.2, -0.15) is 5.10 Å². The van der Waals surface area contributed by atoms with Gasteiger partial charge in [0.05, 0.1) is 19.3 Å². The Morgan fingerprint density at radius 1 is 1.25 bits per heavy atom. The van der Waals surface area contributed by atoms with Gasteiger partial charge in [0.1, 0.15) is 12.7 Å². The van der Waals surface area contributed by atoms with Crippen LogP contribution in [0.15, 0.2) is 37.2 Å². The molecule has 6 heteroatoms. The quantitative estimate of drug-likeness (QED) is 0.799. The van der Waals surface area contributed by atoms with Gasteiger partial charge in [0.25, 0.3) is 0 Å². The number of aromatic nitrogens is 4. The van der Waals surface area contributed by atoms with Crippen molar-refractivity contribution < 1.29 is 4.74 Å². The average Bonchev–Trinajstić information content (AvgIpc) is 3.00. The van der Waals surface area contributed by atoms with Crippen LogP contribution in [-0.4, -0.2) is 57.0 Å². The molecule has 0 aliphatic carbocycles. The largest absolute Gasteiger partial charge is 0.374 e. The summed E-state index contributed by atoms with van der Waals surface area (Å²) >= 11 is 0. The average molecular weight is 273 g/mol. The Balaban J connectivity index is 1.48. The van der Waals surface area contributed by atoms with E-state index in [0.717, 1.165) is 39.2 Å². The van der Waals surface area contributed by atoms with Gasteiger partial charge in [-0.25, -0.2) is 4.98 Å². The molecule has 0 radical (unpaired) electrons. The second-order valence-corrected chi connectivity index (χ2v) is 5.02. The van der Waals surface area contributed by atoms with Gasteiger partial charge in [-0.1, -0.05) is 0 Å². The first-order valence-electron chi connectivity index (χ1n) is 6.95. The topological polar surface area (TPSA) is 56.1 Å². The van der Waals surface area contributed by atoms with Crippen molar-refractivity contribution in [1.29, 1.82) is 0 Å². The summed E-state index contributed by atoms with van der Waals surface area (Å²) in [7, 11) is 0. The van der Waals surface area contributed by atoms with E-state index in [1.54, 1.807) is 12.7 Å². The summed E-state index contributed by atoms with van der Waals surface area (Å²) in [5, 5.41) is 4.13. The van der Waals surface area contributed by atoms with Crippen LogP contribution in [0.25, 0.3) is 0 Å². The molecule has 20 heavy (non-hydrogen) atoms. The number of nitrogens with zero attached hydrogens (tertiary/aromatic N) is 5. The fraction of sp³-hybridized carbons (Fsp3) is 0.500. The fourth-order valence-corrected chi connectivity index (χ4v) is 2.47. The molecule has 106 valence electrons. The lowest BCUT2D eigenvalue weighted by atomic mass is 10.2. The van der Waals surface area contributed by atoms with Crippen molar-refractivity contribution in [3.63, 3.8) is 0 Å². The summed E-state index contributed by atoms with van der Waals surface area (Å²) in [6.07, 6.45) is 8.24. The summed E-state index contributed by atoms with van der Waals surface area (Å²) in [6.45, 7) is 4.56. The van der Waals surface area contributed by atoms with Gasteiger partial charge in [0.15, 0.2) is 0 Å². The number of rotatable bonds is 5. The van der Waals surface area contributed by atoms with Crippen molar-refractivity contribution in [2.45, 2.75) is 19.1 Å². The Kier molecular flexibility index (Phi) is 4.35. The van der Waals surface area contributed by atoms with Gasteiger partial charge in [-0.05, 0) is 24.1 Å². The molecular formula is C14H19N5O. The van der Waals surface area contributed by atoms with Crippen LogP contribution in [0.3, 0.4) is 0 Å². The molecule has 0 saturated carbocycles. The van der Waals surface area contributed by atoms with E-state index in [0.29, 0.717) is 0 Å². The fourth-order valence-electron chi connectivity index (χ4n) is 2.47. The number of ether oxygens (including phenoxy) is 1. The van der Waals surface area contributed by atoms with Crippen LogP contribution in [0.5, 0.6) is 0 Å². The third-order valence-corrected chi connectivity index (χ3v) is 3.55. The van der Waals surface area contributed by atoms with Crippen molar-refractivity contribution >= 4 is 0 Å². The normalized spacial score (nSPS) is 20.1. The van der Waals surface area contributed by atoms with Crippen molar-refractivity contribution in [2.75, 3.05) is 26.2 Å². The molecular weight excluding hydrogens is 254 g/mol. The van der Waals surface area contributed by atoms with Gasteiger partial charge in [-0.15, -0.1) is 0 Å². The van der Waals surface area contributed by atoms with E-state index in [-0.39, 0.29) is 6.10 Å². The zero-order valence-electron chi connectivity index (χ0n) is 11.4. The lowest BCUT2D eigenvalue weighted by molar-refractivity contribution is -0.0371. The minimum atomic E-state index is 0.197. The highest BCUT2D eigenvalue weighted by Crippen LogP contribution is 2.08. The monoisotopic (exact) mass is 273 g/mol. The molecule has 1 aliphatic heterocycles. The highest BCUT2D eigenvalue weighted by Gasteiger charge is 2.20. The Bertz CT molecular complexity index is 502. The first-order chi connectivity index (χ1) is 9.90. The van der Waals surface area contributed by atoms with Crippen molar-refractivity contribution in [2.24, 2.45) is 0 Å². The van der Waals surface area contributed by atoms with Crippen molar-refractivity contribution in [3.05, 3.63) is 42.7 Å². The standard InChI is InChI=1S/C14H19N5O/c1-4-15-5-2-13(1)3-6-18-7-8-20-14(9-18)10-19-12-16-11-17-19/h1-2,4-5,11-12,14H,3,6-10H2/t14-/m1/s1. The van der Waals surface area contributed by atoms with Crippen LogP contribution >= 0.6 is 0 Å². The van der Waals surface area contributed by atoms with Gasteiger partial charge in [-0.3, -0.25) is 14.6 Å². The number of pyridine rings is 1. The molecule has 2 aromatic rings. The first kappa shape index (κ1) is 13.2. The van der Waals surface area contributed by atoms with Crippen LogP contribution in [0.4, 0.5) is 0 Å². The maximum Gasteiger partial charge on any atom is 0.137 e. The molecule has 1 fully saturated rings. The Morgan fingerprint density at radius 2 is 2.15 bits per heavy atom. The maximum atomic E-state index is 5.79. The van der Waals surface area contributed by atoms with Crippen molar-refractivity contribution in [3.8, 4) is 0 Å². The summed E-state index contributed by atoms with van der Waals surface area (Å²) in [4.78, 5) is 10.5. The first-order valence-corrected chi connectivity index (χ1v) is 6.95. The molecule has 2 aromatic heterocycles. The van der Waals surface area contributed by atoms with E-state index < -0.39 is 0 Å². The van der Waals surface area contributed by atoms with Gasteiger partial charge in [0.2, 0.25) is 0 Å². The second-order valence-electron chi connectivity index (χ2n) is 5.02. The minimum absolute atomic E-state index is 0.197. The molecule has 0 aromatic carbocycles. The van der Waals surface area contributed by atoms with E-state index in [2.05, 4.69) is 32.1 Å². The molecule has 6 nitrogen and oxygen atoms in total. The predicted molar refractivity (Wildman–Crippen MR) is 74.1 cm³/mol. The Labute approximate surface area is 118 Å². The molecule has 3 heterocycles. The molecule has 1 atom stereocenters. The third kappa shape index (κ3) is 3.61. The Hall–Kier alpha value is -1.79. The molecule has 0 N–H and O–H groups in total. The van der Waals surface area contributed by atoms with Gasteiger partial charge >= 0.3 is 0 Å². The number of hydrogen-bond donors (Lipinski definition) is 0. The highest BCUT2D eigenvalue weighted by molar-refractivity contribution is 5.09. The zero-order chi connectivity index (χ0) is 13.6. The number of morpholine rings is 1. The summed E-state index contributed by atoms with van der Waals surface area (Å²) in [5.74, 6) is 0. The van der Waals surface area contributed by atoms with Gasteiger partial charge in [0, 0.05) is 32.0 Å². The lowest BCUT2D eigenvalue weighted by Crippen LogP contribution is -2.44. The summed E-state index contributed by atoms with van der Waals surface area (Å²) < 4.78 is 7.62. The Morgan fingerprint density at radius 3 is 2.95 bits per heavy atom. The van der Waals surface area contributed by atoms with Crippen LogP contribution in [-0.2, 0) is 17.7 Å². The summed E-state index contributed by atoms with van der Waals surface area (Å²) in [6, 6.07) is 4.15. The van der Waals surface area contributed by atoms with E-state index >= 15 is 0 Å².